The van der Waals surface area contributed by atoms with Gasteiger partial charge in [0, 0.05) is 7.05 Å². The van der Waals surface area contributed by atoms with Crippen molar-refractivity contribution in [2.45, 2.75) is 19.8 Å². The summed E-state index contributed by atoms with van der Waals surface area (Å²) in [6.07, 6.45) is 1.69. The van der Waals surface area contributed by atoms with Gasteiger partial charge in [0.25, 0.3) is 0 Å². The summed E-state index contributed by atoms with van der Waals surface area (Å²) in [5.74, 6) is 1.98. The lowest BCUT2D eigenvalue weighted by Gasteiger charge is -2.14. The van der Waals surface area contributed by atoms with Gasteiger partial charge in [0.15, 0.2) is 5.82 Å². The summed E-state index contributed by atoms with van der Waals surface area (Å²) in [5.41, 5.74) is 2.12. The predicted molar refractivity (Wildman–Crippen MR) is 67.1 cm³/mol. The molecule has 4 nitrogen and oxygen atoms in total. The van der Waals surface area contributed by atoms with E-state index in [2.05, 4.69) is 30.0 Å². The first kappa shape index (κ1) is 11.6. The van der Waals surface area contributed by atoms with Crippen LogP contribution in [0.4, 0.5) is 0 Å². The van der Waals surface area contributed by atoms with Gasteiger partial charge in [0.05, 0.1) is 12.7 Å². The molecule has 90 valence electrons. The minimum atomic E-state index is 0.411. The molecule has 0 fully saturated rings. The van der Waals surface area contributed by atoms with Gasteiger partial charge in [0.1, 0.15) is 12.1 Å². The molecule has 0 atom stereocenters. The Balaban J connectivity index is 2.58. The molecular weight excluding hydrogens is 214 g/mol. The number of hydrogen-bond donors (Lipinski definition) is 0. The highest BCUT2D eigenvalue weighted by molar-refractivity contribution is 5.66. The van der Waals surface area contributed by atoms with Crippen LogP contribution < -0.4 is 4.74 Å². The number of aryl methyl sites for hydroxylation is 1. The van der Waals surface area contributed by atoms with E-state index in [1.54, 1.807) is 18.1 Å². The molecular formula is C13H17N3O. The third-order valence-corrected chi connectivity index (χ3v) is 2.71. The SMILES string of the molecule is COc1c(-c2ncn(C)n2)cccc1C(C)C. The van der Waals surface area contributed by atoms with Crippen LogP contribution in [0.5, 0.6) is 5.75 Å². The number of nitrogens with zero attached hydrogens (tertiary/aromatic N) is 3. The molecule has 0 spiro atoms. The average molecular weight is 231 g/mol. The number of benzene rings is 1. The average Bonchev–Trinajstić information content (AvgIpc) is 2.74. The zero-order chi connectivity index (χ0) is 12.4. The van der Waals surface area contributed by atoms with Crippen molar-refractivity contribution < 1.29 is 4.74 Å². The first-order chi connectivity index (χ1) is 8.13. The Morgan fingerprint density at radius 1 is 1.29 bits per heavy atom. The molecule has 1 aromatic carbocycles. The van der Waals surface area contributed by atoms with Gasteiger partial charge in [-0.3, -0.25) is 4.68 Å². The molecule has 1 aromatic heterocycles. The third-order valence-electron chi connectivity index (χ3n) is 2.71. The summed E-state index contributed by atoms with van der Waals surface area (Å²) >= 11 is 0. The topological polar surface area (TPSA) is 39.9 Å². The monoisotopic (exact) mass is 231 g/mol. The fraction of sp³-hybridized carbons (Fsp3) is 0.385. The maximum Gasteiger partial charge on any atom is 0.184 e. The normalized spacial score (nSPS) is 10.9. The van der Waals surface area contributed by atoms with Crippen molar-refractivity contribution in [2.75, 3.05) is 7.11 Å². The fourth-order valence-corrected chi connectivity index (χ4v) is 1.88. The highest BCUT2D eigenvalue weighted by atomic mass is 16.5. The number of ether oxygens (including phenoxy) is 1. The van der Waals surface area contributed by atoms with E-state index in [1.807, 2.05) is 19.2 Å². The van der Waals surface area contributed by atoms with Crippen LogP contribution in [-0.2, 0) is 7.05 Å². The van der Waals surface area contributed by atoms with Crippen LogP contribution in [0, 0.1) is 0 Å². The first-order valence-corrected chi connectivity index (χ1v) is 5.66. The summed E-state index contributed by atoms with van der Waals surface area (Å²) in [5, 5.41) is 4.32. The van der Waals surface area contributed by atoms with E-state index in [1.165, 1.54) is 5.56 Å². The van der Waals surface area contributed by atoms with E-state index < -0.39 is 0 Å². The summed E-state index contributed by atoms with van der Waals surface area (Å²) in [7, 11) is 3.54. The molecule has 0 amide bonds. The minimum Gasteiger partial charge on any atom is -0.496 e. The first-order valence-electron chi connectivity index (χ1n) is 5.66. The van der Waals surface area contributed by atoms with E-state index in [4.69, 9.17) is 4.74 Å². The van der Waals surface area contributed by atoms with Crippen molar-refractivity contribution in [3.8, 4) is 17.1 Å². The van der Waals surface area contributed by atoms with Gasteiger partial charge < -0.3 is 4.74 Å². The zero-order valence-corrected chi connectivity index (χ0v) is 10.6. The molecule has 17 heavy (non-hydrogen) atoms. The summed E-state index contributed by atoms with van der Waals surface area (Å²) in [4.78, 5) is 4.27. The Morgan fingerprint density at radius 2 is 2.06 bits per heavy atom. The number of methoxy groups -OCH3 is 1. The van der Waals surface area contributed by atoms with Crippen molar-refractivity contribution >= 4 is 0 Å². The predicted octanol–water partition coefficient (Wildman–Crippen LogP) is 2.61. The maximum absolute atomic E-state index is 5.51. The van der Waals surface area contributed by atoms with Crippen molar-refractivity contribution in [3.05, 3.63) is 30.1 Å². The number of para-hydroxylation sites is 1. The van der Waals surface area contributed by atoms with Gasteiger partial charge >= 0.3 is 0 Å². The lowest BCUT2D eigenvalue weighted by molar-refractivity contribution is 0.409. The molecule has 0 aliphatic heterocycles. The van der Waals surface area contributed by atoms with Crippen molar-refractivity contribution in [2.24, 2.45) is 7.05 Å². The number of hydrogen-bond acceptors (Lipinski definition) is 3. The van der Waals surface area contributed by atoms with Crippen molar-refractivity contribution in [3.63, 3.8) is 0 Å². The lowest BCUT2D eigenvalue weighted by atomic mass is 9.99. The Hall–Kier alpha value is -1.84. The van der Waals surface area contributed by atoms with Gasteiger partial charge in [-0.25, -0.2) is 4.98 Å². The highest BCUT2D eigenvalue weighted by Gasteiger charge is 2.15. The second-order valence-electron chi connectivity index (χ2n) is 4.32. The van der Waals surface area contributed by atoms with Crippen LogP contribution in [0.3, 0.4) is 0 Å². The van der Waals surface area contributed by atoms with Gasteiger partial charge in [-0.15, -0.1) is 0 Å². The smallest absolute Gasteiger partial charge is 0.184 e. The molecule has 0 N–H and O–H groups in total. The highest BCUT2D eigenvalue weighted by Crippen LogP contribution is 2.34. The molecule has 1 heterocycles. The molecule has 0 aliphatic carbocycles. The zero-order valence-electron chi connectivity index (χ0n) is 10.6. The summed E-state index contributed by atoms with van der Waals surface area (Å²) in [6.45, 7) is 4.29. The van der Waals surface area contributed by atoms with E-state index >= 15 is 0 Å². The van der Waals surface area contributed by atoms with Crippen molar-refractivity contribution in [1.82, 2.24) is 14.8 Å². The molecule has 0 radical (unpaired) electrons. The Labute approximate surface area is 101 Å². The van der Waals surface area contributed by atoms with Crippen LogP contribution in [-0.4, -0.2) is 21.9 Å². The standard InChI is InChI=1S/C13H17N3O/c1-9(2)10-6-5-7-11(12(10)17-4)13-14-8-16(3)15-13/h5-9H,1-4H3. The van der Waals surface area contributed by atoms with Crippen LogP contribution >= 0.6 is 0 Å². The van der Waals surface area contributed by atoms with Crippen LogP contribution in [0.1, 0.15) is 25.3 Å². The van der Waals surface area contributed by atoms with E-state index in [-0.39, 0.29) is 0 Å². The molecule has 0 aliphatic rings. The molecule has 0 unspecified atom stereocenters. The Morgan fingerprint density at radius 3 is 2.59 bits per heavy atom. The largest absolute Gasteiger partial charge is 0.496 e. The van der Waals surface area contributed by atoms with Gasteiger partial charge in [-0.05, 0) is 17.5 Å². The number of aromatic nitrogens is 3. The number of rotatable bonds is 3. The molecule has 0 saturated heterocycles. The second kappa shape index (κ2) is 4.57. The molecule has 0 saturated carbocycles. The summed E-state index contributed by atoms with van der Waals surface area (Å²) < 4.78 is 7.20. The summed E-state index contributed by atoms with van der Waals surface area (Å²) in [6, 6.07) is 6.08. The van der Waals surface area contributed by atoms with Crippen LogP contribution in [0.25, 0.3) is 11.4 Å². The second-order valence-corrected chi connectivity index (χ2v) is 4.32. The van der Waals surface area contributed by atoms with E-state index in [0.29, 0.717) is 11.7 Å². The molecule has 4 heteroatoms. The minimum absolute atomic E-state index is 0.411. The van der Waals surface area contributed by atoms with Gasteiger partial charge in [0.2, 0.25) is 0 Å². The van der Waals surface area contributed by atoms with Crippen LogP contribution in [0.2, 0.25) is 0 Å². The van der Waals surface area contributed by atoms with Gasteiger partial charge in [-0.1, -0.05) is 26.0 Å². The van der Waals surface area contributed by atoms with Crippen molar-refractivity contribution in [1.29, 1.82) is 0 Å². The molecule has 0 bridgehead atoms. The Bertz CT molecular complexity index is 517. The van der Waals surface area contributed by atoms with Gasteiger partial charge in [-0.2, -0.15) is 5.10 Å². The third kappa shape index (κ3) is 2.16. The van der Waals surface area contributed by atoms with E-state index in [9.17, 15) is 0 Å². The Kier molecular flexibility index (Phi) is 3.13. The lowest BCUT2D eigenvalue weighted by Crippen LogP contribution is -1.97. The maximum atomic E-state index is 5.51. The quantitative estimate of drug-likeness (QED) is 0.815. The molecule has 2 rings (SSSR count). The van der Waals surface area contributed by atoms with Crippen LogP contribution in [0.15, 0.2) is 24.5 Å². The van der Waals surface area contributed by atoms with E-state index in [0.717, 1.165) is 11.3 Å². The fourth-order valence-electron chi connectivity index (χ4n) is 1.88. The molecule has 2 aromatic rings.